The first-order chi connectivity index (χ1) is 14.2. The Morgan fingerprint density at radius 1 is 1.17 bits per heavy atom. The Balaban J connectivity index is 1.71. The van der Waals surface area contributed by atoms with Crippen molar-refractivity contribution in [2.24, 2.45) is 5.92 Å². The van der Waals surface area contributed by atoms with Gasteiger partial charge in [-0.1, -0.05) is 0 Å². The summed E-state index contributed by atoms with van der Waals surface area (Å²) in [6.45, 7) is 11.5. The van der Waals surface area contributed by atoms with Crippen molar-refractivity contribution in [1.29, 1.82) is 0 Å². The lowest BCUT2D eigenvalue weighted by atomic mass is 9.98. The summed E-state index contributed by atoms with van der Waals surface area (Å²) >= 11 is 0. The molecule has 0 radical (unpaired) electrons. The van der Waals surface area contributed by atoms with Crippen LogP contribution in [0.3, 0.4) is 0 Å². The van der Waals surface area contributed by atoms with E-state index in [2.05, 4.69) is 15.5 Å². The summed E-state index contributed by atoms with van der Waals surface area (Å²) in [5.41, 5.74) is 2.36. The van der Waals surface area contributed by atoms with E-state index in [4.69, 9.17) is 0 Å². The maximum absolute atomic E-state index is 13.2. The number of aromatic nitrogens is 4. The average molecular weight is 437 g/mol. The molecule has 0 spiro atoms. The van der Waals surface area contributed by atoms with Gasteiger partial charge in [0.05, 0.1) is 23.3 Å². The van der Waals surface area contributed by atoms with Gasteiger partial charge < -0.3 is 5.32 Å². The van der Waals surface area contributed by atoms with Gasteiger partial charge in [0.25, 0.3) is 0 Å². The minimum absolute atomic E-state index is 0.118. The van der Waals surface area contributed by atoms with E-state index in [0.717, 1.165) is 17.8 Å². The Kier molecular flexibility index (Phi) is 6.66. The van der Waals surface area contributed by atoms with Crippen LogP contribution in [0.1, 0.15) is 56.6 Å². The number of nitrogens with one attached hydrogen (secondary N) is 1. The van der Waals surface area contributed by atoms with E-state index in [-0.39, 0.29) is 29.3 Å². The average Bonchev–Trinajstić information content (AvgIpc) is 3.30. The lowest BCUT2D eigenvalue weighted by molar-refractivity contribution is -0.126. The normalized spacial score (nSPS) is 19.0. The molecule has 3 rings (SSSR count). The fraction of sp³-hybridized carbons (Fsp3) is 0.650. The molecule has 10 heteroatoms. The van der Waals surface area contributed by atoms with Gasteiger partial charge in [0.2, 0.25) is 15.9 Å². The largest absolute Gasteiger partial charge is 0.349 e. The first kappa shape index (κ1) is 22.5. The molecule has 0 saturated carbocycles. The molecule has 0 unspecified atom stereocenters. The van der Waals surface area contributed by atoms with Crippen molar-refractivity contribution in [2.45, 2.75) is 71.5 Å². The van der Waals surface area contributed by atoms with Crippen molar-refractivity contribution in [1.82, 2.24) is 29.2 Å². The van der Waals surface area contributed by atoms with Gasteiger partial charge in [0.1, 0.15) is 4.90 Å². The van der Waals surface area contributed by atoms with Crippen LogP contribution >= 0.6 is 0 Å². The number of amides is 1. The van der Waals surface area contributed by atoms with Crippen LogP contribution in [-0.4, -0.2) is 51.3 Å². The van der Waals surface area contributed by atoms with Crippen LogP contribution in [0.5, 0.6) is 0 Å². The third-order valence-electron chi connectivity index (χ3n) is 5.73. The van der Waals surface area contributed by atoms with Crippen molar-refractivity contribution >= 4 is 15.9 Å². The van der Waals surface area contributed by atoms with Gasteiger partial charge in [-0.05, 0) is 47.5 Å². The highest BCUT2D eigenvalue weighted by Gasteiger charge is 2.35. The van der Waals surface area contributed by atoms with Gasteiger partial charge in [0, 0.05) is 44.1 Å². The summed E-state index contributed by atoms with van der Waals surface area (Å²) in [7, 11) is -3.68. The number of hydrogen-bond donors (Lipinski definition) is 1. The third-order valence-corrected chi connectivity index (χ3v) is 7.70. The highest BCUT2D eigenvalue weighted by Crippen LogP contribution is 2.26. The highest BCUT2D eigenvalue weighted by molar-refractivity contribution is 7.89. The second-order valence-electron chi connectivity index (χ2n) is 7.89. The molecule has 1 aliphatic rings. The fourth-order valence-corrected chi connectivity index (χ4v) is 5.65. The summed E-state index contributed by atoms with van der Waals surface area (Å²) in [4.78, 5) is 13.1. The smallest absolute Gasteiger partial charge is 0.246 e. The third kappa shape index (κ3) is 4.44. The first-order valence-corrected chi connectivity index (χ1v) is 12.0. The number of hydrogen-bond acceptors (Lipinski definition) is 5. The second kappa shape index (κ2) is 8.89. The van der Waals surface area contributed by atoms with Crippen molar-refractivity contribution < 1.29 is 13.2 Å². The molecule has 1 fully saturated rings. The predicted octanol–water partition coefficient (Wildman–Crippen LogP) is 2.01. The maximum Gasteiger partial charge on any atom is 0.246 e. The zero-order chi connectivity index (χ0) is 22.1. The number of sulfonamides is 1. The van der Waals surface area contributed by atoms with Crippen LogP contribution < -0.4 is 5.32 Å². The van der Waals surface area contributed by atoms with Gasteiger partial charge in [-0.3, -0.25) is 14.2 Å². The van der Waals surface area contributed by atoms with Crippen LogP contribution in [0.4, 0.5) is 0 Å². The Morgan fingerprint density at radius 2 is 1.80 bits per heavy atom. The monoisotopic (exact) mass is 436 g/mol. The van der Waals surface area contributed by atoms with E-state index in [1.165, 1.54) is 4.31 Å². The molecule has 3 heterocycles. The number of carbonyl (C=O) groups excluding carboxylic acids is 1. The quantitative estimate of drug-likeness (QED) is 0.715. The molecule has 0 aliphatic carbocycles. The van der Waals surface area contributed by atoms with E-state index in [0.29, 0.717) is 31.6 Å². The second-order valence-corrected chi connectivity index (χ2v) is 9.80. The molecule has 166 valence electrons. The fourth-order valence-electron chi connectivity index (χ4n) is 3.96. The summed E-state index contributed by atoms with van der Waals surface area (Å²) in [6.07, 6.45) is 4.85. The van der Waals surface area contributed by atoms with Gasteiger partial charge >= 0.3 is 0 Å². The minimum Gasteiger partial charge on any atom is -0.349 e. The first-order valence-electron chi connectivity index (χ1n) is 10.6. The maximum atomic E-state index is 13.2. The summed E-state index contributed by atoms with van der Waals surface area (Å²) in [5, 5.41) is 11.7. The van der Waals surface area contributed by atoms with E-state index < -0.39 is 10.0 Å². The number of aryl methyl sites for hydroxylation is 4. The number of piperidine rings is 1. The van der Waals surface area contributed by atoms with Gasteiger partial charge in [0.15, 0.2) is 0 Å². The van der Waals surface area contributed by atoms with Crippen LogP contribution in [0.2, 0.25) is 0 Å². The van der Waals surface area contributed by atoms with E-state index in [9.17, 15) is 13.2 Å². The molecule has 0 aromatic carbocycles. The van der Waals surface area contributed by atoms with Crippen molar-refractivity contribution in [3.05, 3.63) is 29.3 Å². The summed E-state index contributed by atoms with van der Waals surface area (Å²) in [5.74, 6) is -0.494. The molecule has 9 nitrogen and oxygen atoms in total. The van der Waals surface area contributed by atoms with Crippen molar-refractivity contribution in [2.75, 3.05) is 13.1 Å². The molecule has 0 bridgehead atoms. The molecule has 1 amide bonds. The SMILES string of the molecule is CCn1cc([C@H](C)NC(=O)[C@@H]2CCCN(S(=O)(=O)c3cn(CC)nc3C)C2)c(C)n1. The van der Waals surface area contributed by atoms with Gasteiger partial charge in [-0.25, -0.2) is 8.42 Å². The highest BCUT2D eigenvalue weighted by atomic mass is 32.2. The van der Waals surface area contributed by atoms with Crippen LogP contribution in [0.15, 0.2) is 17.3 Å². The minimum atomic E-state index is -3.68. The molecule has 2 aromatic heterocycles. The van der Waals surface area contributed by atoms with Crippen LogP contribution in [-0.2, 0) is 27.9 Å². The molecule has 30 heavy (non-hydrogen) atoms. The van der Waals surface area contributed by atoms with E-state index in [1.807, 2.05) is 38.6 Å². The van der Waals surface area contributed by atoms with Crippen LogP contribution in [0.25, 0.3) is 0 Å². The molecular formula is C20H32N6O3S. The number of rotatable bonds is 7. The molecule has 1 saturated heterocycles. The summed E-state index contributed by atoms with van der Waals surface area (Å²) < 4.78 is 31.2. The lowest BCUT2D eigenvalue weighted by Crippen LogP contribution is -2.45. The van der Waals surface area contributed by atoms with Gasteiger partial charge in [-0.15, -0.1) is 0 Å². The summed E-state index contributed by atoms with van der Waals surface area (Å²) in [6, 6.07) is -0.185. The number of nitrogens with zero attached hydrogens (tertiary/aromatic N) is 5. The molecule has 2 atom stereocenters. The molecule has 1 aliphatic heterocycles. The molecule has 2 aromatic rings. The standard InChI is InChI=1S/C20H32N6O3S/c1-6-24-12-18(15(4)22-24)14(3)21-20(27)17-9-8-10-26(11-17)30(28,29)19-13-25(7-2)23-16(19)5/h12-14,17H,6-11H2,1-5H3,(H,21,27)/t14-,17+/m0/s1. The van der Waals surface area contributed by atoms with Crippen molar-refractivity contribution in [3.63, 3.8) is 0 Å². The predicted molar refractivity (Wildman–Crippen MR) is 113 cm³/mol. The molecule has 1 N–H and O–H groups in total. The Morgan fingerprint density at radius 3 is 2.40 bits per heavy atom. The van der Waals surface area contributed by atoms with E-state index in [1.54, 1.807) is 17.8 Å². The Hall–Kier alpha value is -2.20. The Bertz CT molecular complexity index is 1010. The zero-order valence-electron chi connectivity index (χ0n) is 18.4. The number of carbonyl (C=O) groups is 1. The van der Waals surface area contributed by atoms with Crippen molar-refractivity contribution in [3.8, 4) is 0 Å². The molecular weight excluding hydrogens is 404 g/mol. The van der Waals surface area contributed by atoms with Gasteiger partial charge in [-0.2, -0.15) is 14.5 Å². The Labute approximate surface area is 178 Å². The topological polar surface area (TPSA) is 102 Å². The van der Waals surface area contributed by atoms with Crippen LogP contribution in [0, 0.1) is 19.8 Å². The zero-order valence-corrected chi connectivity index (χ0v) is 19.2. The van der Waals surface area contributed by atoms with E-state index >= 15 is 0 Å². The lowest BCUT2D eigenvalue weighted by Gasteiger charge is -2.31.